The van der Waals surface area contributed by atoms with Gasteiger partial charge < -0.3 is 5.32 Å². The molecular formula is C16H23F2N. The zero-order chi connectivity index (χ0) is 13.8. The van der Waals surface area contributed by atoms with Gasteiger partial charge in [-0.3, -0.25) is 0 Å². The normalized spacial score (nSPS) is 25.3. The zero-order valence-corrected chi connectivity index (χ0v) is 11.8. The predicted molar refractivity (Wildman–Crippen MR) is 73.9 cm³/mol. The Bertz CT molecular complexity index is 399. The SMILES string of the molecule is CCC1CCCC(NC(C)c2c(F)cccc2F)C1. The van der Waals surface area contributed by atoms with E-state index in [2.05, 4.69) is 12.2 Å². The summed E-state index contributed by atoms with van der Waals surface area (Å²) in [5.41, 5.74) is 0.168. The number of nitrogens with one attached hydrogen (secondary N) is 1. The van der Waals surface area contributed by atoms with Crippen LogP contribution >= 0.6 is 0 Å². The van der Waals surface area contributed by atoms with Crippen molar-refractivity contribution in [2.45, 2.75) is 58.0 Å². The lowest BCUT2D eigenvalue weighted by Crippen LogP contribution is -2.36. The van der Waals surface area contributed by atoms with Crippen LogP contribution in [0.1, 0.15) is 57.6 Å². The Hall–Kier alpha value is -0.960. The highest BCUT2D eigenvalue weighted by Gasteiger charge is 2.24. The average molecular weight is 267 g/mol. The van der Waals surface area contributed by atoms with Gasteiger partial charge in [0.1, 0.15) is 11.6 Å². The van der Waals surface area contributed by atoms with Crippen LogP contribution in [0.5, 0.6) is 0 Å². The molecule has 3 heteroatoms. The molecule has 1 saturated carbocycles. The molecule has 1 N–H and O–H groups in total. The topological polar surface area (TPSA) is 12.0 Å². The van der Waals surface area contributed by atoms with Crippen molar-refractivity contribution in [3.63, 3.8) is 0 Å². The van der Waals surface area contributed by atoms with Crippen LogP contribution in [0.15, 0.2) is 18.2 Å². The lowest BCUT2D eigenvalue weighted by Gasteiger charge is -2.31. The fourth-order valence-corrected chi connectivity index (χ4v) is 3.17. The molecule has 1 fully saturated rings. The minimum absolute atomic E-state index is 0.168. The van der Waals surface area contributed by atoms with E-state index in [1.54, 1.807) is 0 Å². The van der Waals surface area contributed by atoms with Crippen molar-refractivity contribution in [3.05, 3.63) is 35.4 Å². The zero-order valence-electron chi connectivity index (χ0n) is 11.8. The molecule has 1 aromatic carbocycles. The molecule has 1 aliphatic rings. The average Bonchev–Trinajstić information content (AvgIpc) is 2.38. The van der Waals surface area contributed by atoms with Crippen LogP contribution < -0.4 is 5.32 Å². The predicted octanol–water partition coefficient (Wildman–Crippen LogP) is 4.58. The maximum absolute atomic E-state index is 13.7. The maximum Gasteiger partial charge on any atom is 0.130 e. The Balaban J connectivity index is 2.02. The van der Waals surface area contributed by atoms with Crippen molar-refractivity contribution in [1.29, 1.82) is 0 Å². The fourth-order valence-electron chi connectivity index (χ4n) is 3.17. The summed E-state index contributed by atoms with van der Waals surface area (Å²) in [5.74, 6) is -0.158. The van der Waals surface area contributed by atoms with E-state index < -0.39 is 11.6 Å². The third-order valence-corrected chi connectivity index (χ3v) is 4.28. The minimum Gasteiger partial charge on any atom is -0.307 e. The van der Waals surface area contributed by atoms with E-state index in [-0.39, 0.29) is 11.6 Å². The highest BCUT2D eigenvalue weighted by Crippen LogP contribution is 2.29. The summed E-state index contributed by atoms with van der Waals surface area (Å²) in [7, 11) is 0. The largest absolute Gasteiger partial charge is 0.307 e. The first-order valence-electron chi connectivity index (χ1n) is 7.31. The van der Waals surface area contributed by atoms with E-state index in [0.717, 1.165) is 18.8 Å². The molecule has 0 radical (unpaired) electrons. The third-order valence-electron chi connectivity index (χ3n) is 4.28. The van der Waals surface area contributed by atoms with Gasteiger partial charge in [-0.05, 0) is 37.8 Å². The van der Waals surface area contributed by atoms with Crippen molar-refractivity contribution in [2.75, 3.05) is 0 Å². The molecule has 0 aliphatic heterocycles. The lowest BCUT2D eigenvalue weighted by atomic mass is 9.84. The number of hydrogen-bond donors (Lipinski definition) is 1. The molecule has 0 bridgehead atoms. The van der Waals surface area contributed by atoms with Gasteiger partial charge in [0.2, 0.25) is 0 Å². The first-order chi connectivity index (χ1) is 9.11. The van der Waals surface area contributed by atoms with E-state index in [0.29, 0.717) is 6.04 Å². The molecule has 0 aromatic heterocycles. The molecule has 0 spiro atoms. The summed E-state index contributed by atoms with van der Waals surface area (Å²) in [6, 6.07) is 4.17. The molecule has 1 nitrogen and oxygen atoms in total. The third kappa shape index (κ3) is 3.53. The van der Waals surface area contributed by atoms with Crippen LogP contribution in [0, 0.1) is 17.6 Å². The first kappa shape index (κ1) is 14.4. The number of rotatable bonds is 4. The molecule has 3 unspecified atom stereocenters. The Morgan fingerprint density at radius 2 is 1.95 bits per heavy atom. The molecule has 1 aliphatic carbocycles. The summed E-state index contributed by atoms with van der Waals surface area (Å²) >= 11 is 0. The minimum atomic E-state index is -0.456. The molecule has 1 aromatic rings. The van der Waals surface area contributed by atoms with Crippen molar-refractivity contribution in [1.82, 2.24) is 5.32 Å². The van der Waals surface area contributed by atoms with Gasteiger partial charge in [0.25, 0.3) is 0 Å². The van der Waals surface area contributed by atoms with Crippen LogP contribution in [-0.4, -0.2) is 6.04 Å². The maximum atomic E-state index is 13.7. The van der Waals surface area contributed by atoms with Crippen LogP contribution in [-0.2, 0) is 0 Å². The van der Waals surface area contributed by atoms with Gasteiger partial charge in [-0.2, -0.15) is 0 Å². The van der Waals surface area contributed by atoms with Gasteiger partial charge in [0, 0.05) is 17.6 Å². The summed E-state index contributed by atoms with van der Waals surface area (Å²) in [6.07, 6.45) is 5.92. The van der Waals surface area contributed by atoms with Crippen LogP contribution in [0.2, 0.25) is 0 Å². The molecule has 2 rings (SSSR count). The van der Waals surface area contributed by atoms with Crippen LogP contribution in [0.25, 0.3) is 0 Å². The number of halogens is 2. The van der Waals surface area contributed by atoms with E-state index in [1.165, 1.54) is 37.5 Å². The van der Waals surface area contributed by atoms with Crippen molar-refractivity contribution in [2.24, 2.45) is 5.92 Å². The molecule has 19 heavy (non-hydrogen) atoms. The number of benzene rings is 1. The van der Waals surface area contributed by atoms with Crippen molar-refractivity contribution >= 4 is 0 Å². The molecule has 0 heterocycles. The summed E-state index contributed by atoms with van der Waals surface area (Å²) in [5, 5.41) is 3.40. The Morgan fingerprint density at radius 3 is 2.58 bits per heavy atom. The van der Waals surface area contributed by atoms with Gasteiger partial charge in [-0.1, -0.05) is 32.3 Å². The highest BCUT2D eigenvalue weighted by atomic mass is 19.1. The van der Waals surface area contributed by atoms with Gasteiger partial charge in [-0.25, -0.2) is 8.78 Å². The Labute approximate surface area is 114 Å². The molecule has 3 atom stereocenters. The summed E-state index contributed by atoms with van der Waals surface area (Å²) < 4.78 is 27.4. The van der Waals surface area contributed by atoms with E-state index in [4.69, 9.17) is 0 Å². The summed E-state index contributed by atoms with van der Waals surface area (Å²) in [6.45, 7) is 4.06. The second kappa shape index (κ2) is 6.47. The van der Waals surface area contributed by atoms with E-state index in [9.17, 15) is 8.78 Å². The monoisotopic (exact) mass is 267 g/mol. The Kier molecular flexibility index (Phi) is 4.92. The second-order valence-electron chi connectivity index (χ2n) is 5.66. The van der Waals surface area contributed by atoms with Gasteiger partial charge >= 0.3 is 0 Å². The van der Waals surface area contributed by atoms with Gasteiger partial charge in [-0.15, -0.1) is 0 Å². The standard InChI is InChI=1S/C16H23F2N/c1-3-12-6-4-7-13(10-12)19-11(2)16-14(17)8-5-9-15(16)18/h5,8-9,11-13,19H,3-4,6-7,10H2,1-2H3. The van der Waals surface area contributed by atoms with E-state index >= 15 is 0 Å². The van der Waals surface area contributed by atoms with Gasteiger partial charge in [0.15, 0.2) is 0 Å². The van der Waals surface area contributed by atoms with Crippen LogP contribution in [0.4, 0.5) is 8.78 Å². The highest BCUT2D eigenvalue weighted by molar-refractivity contribution is 5.22. The fraction of sp³-hybridized carbons (Fsp3) is 0.625. The molecular weight excluding hydrogens is 244 g/mol. The quantitative estimate of drug-likeness (QED) is 0.841. The Morgan fingerprint density at radius 1 is 1.26 bits per heavy atom. The van der Waals surface area contributed by atoms with Crippen LogP contribution in [0.3, 0.4) is 0 Å². The molecule has 0 saturated heterocycles. The van der Waals surface area contributed by atoms with E-state index in [1.807, 2.05) is 6.92 Å². The summed E-state index contributed by atoms with van der Waals surface area (Å²) in [4.78, 5) is 0. The molecule has 0 amide bonds. The van der Waals surface area contributed by atoms with Crippen molar-refractivity contribution in [3.8, 4) is 0 Å². The number of hydrogen-bond acceptors (Lipinski definition) is 1. The van der Waals surface area contributed by atoms with Gasteiger partial charge in [0.05, 0.1) is 0 Å². The second-order valence-corrected chi connectivity index (χ2v) is 5.66. The lowest BCUT2D eigenvalue weighted by molar-refractivity contribution is 0.263. The first-order valence-corrected chi connectivity index (χ1v) is 7.31. The van der Waals surface area contributed by atoms with Crippen molar-refractivity contribution < 1.29 is 8.78 Å². The molecule has 106 valence electrons. The smallest absolute Gasteiger partial charge is 0.130 e.